The van der Waals surface area contributed by atoms with Crippen LogP contribution in [0, 0.1) is 0 Å². The van der Waals surface area contributed by atoms with Gasteiger partial charge >= 0.3 is 0 Å². The molecule has 0 radical (unpaired) electrons. The molecule has 4 heteroatoms. The normalized spacial score (nSPS) is 15.0. The zero-order valence-electron chi connectivity index (χ0n) is 13.2. The van der Waals surface area contributed by atoms with Crippen molar-refractivity contribution in [1.29, 1.82) is 0 Å². The Labute approximate surface area is 126 Å². The fourth-order valence-electron chi connectivity index (χ4n) is 2.32. The molecule has 114 valence electrons. The van der Waals surface area contributed by atoms with Crippen LogP contribution in [0.15, 0.2) is 30.0 Å². The lowest BCUT2D eigenvalue weighted by Gasteiger charge is -2.25. The summed E-state index contributed by atoms with van der Waals surface area (Å²) in [6.45, 7) is 9.33. The predicted molar refractivity (Wildman–Crippen MR) is 86.9 cm³/mol. The molecular weight excluding hydrogens is 264 g/mol. The maximum atomic E-state index is 6.19. The van der Waals surface area contributed by atoms with Gasteiger partial charge in [-0.3, -0.25) is 0 Å². The monoisotopic (exact) mass is 288 g/mol. The minimum Gasteiger partial charge on any atom is -0.493 e. The standard InChI is InChI=1S/C17H24N2O2/c1-5-20-16-9-14(19)13(17(2,3)4)8-12(16)15-7-6-11(18)10-21-15/h6-9H,5,10,18-19H2,1-4H3. The highest BCUT2D eigenvalue weighted by Gasteiger charge is 2.22. The summed E-state index contributed by atoms with van der Waals surface area (Å²) >= 11 is 0. The molecule has 1 aromatic rings. The van der Waals surface area contributed by atoms with E-state index in [0.29, 0.717) is 18.9 Å². The third-order valence-corrected chi connectivity index (χ3v) is 3.37. The Bertz CT molecular complexity index is 596. The number of nitrogens with two attached hydrogens (primary N) is 2. The lowest BCUT2D eigenvalue weighted by Crippen LogP contribution is -2.16. The third kappa shape index (κ3) is 3.32. The summed E-state index contributed by atoms with van der Waals surface area (Å²) in [6.07, 6.45) is 3.74. The number of nitrogen functional groups attached to an aromatic ring is 1. The van der Waals surface area contributed by atoms with Crippen molar-refractivity contribution in [3.8, 4) is 5.75 Å². The molecule has 0 aliphatic carbocycles. The zero-order valence-corrected chi connectivity index (χ0v) is 13.2. The van der Waals surface area contributed by atoms with Gasteiger partial charge < -0.3 is 20.9 Å². The Kier molecular flexibility index (Phi) is 4.16. The average molecular weight is 288 g/mol. The van der Waals surface area contributed by atoms with E-state index >= 15 is 0 Å². The van der Waals surface area contributed by atoms with Gasteiger partial charge in [0.15, 0.2) is 0 Å². The Morgan fingerprint density at radius 2 is 1.90 bits per heavy atom. The van der Waals surface area contributed by atoms with Gasteiger partial charge in [0.25, 0.3) is 0 Å². The second-order valence-electron chi connectivity index (χ2n) is 6.18. The third-order valence-electron chi connectivity index (χ3n) is 3.37. The summed E-state index contributed by atoms with van der Waals surface area (Å²) < 4.78 is 11.4. The van der Waals surface area contributed by atoms with Crippen LogP contribution in [0.25, 0.3) is 5.76 Å². The van der Waals surface area contributed by atoms with E-state index in [1.54, 1.807) is 0 Å². The Morgan fingerprint density at radius 3 is 2.43 bits per heavy atom. The van der Waals surface area contributed by atoms with Crippen molar-refractivity contribution in [3.63, 3.8) is 0 Å². The van der Waals surface area contributed by atoms with Crippen molar-refractivity contribution in [1.82, 2.24) is 0 Å². The molecule has 1 heterocycles. The van der Waals surface area contributed by atoms with Crippen molar-refractivity contribution in [2.24, 2.45) is 5.73 Å². The first-order valence-electron chi connectivity index (χ1n) is 7.19. The van der Waals surface area contributed by atoms with Crippen LogP contribution in [0.2, 0.25) is 0 Å². The number of rotatable bonds is 3. The van der Waals surface area contributed by atoms with Crippen LogP contribution in [-0.2, 0) is 10.2 Å². The summed E-state index contributed by atoms with van der Waals surface area (Å²) in [5.74, 6) is 1.50. The highest BCUT2D eigenvalue weighted by Crippen LogP contribution is 2.37. The lowest BCUT2D eigenvalue weighted by atomic mass is 9.84. The molecule has 4 nitrogen and oxygen atoms in total. The minimum atomic E-state index is -0.0479. The van der Waals surface area contributed by atoms with Crippen molar-refractivity contribution < 1.29 is 9.47 Å². The molecule has 0 saturated carbocycles. The van der Waals surface area contributed by atoms with E-state index < -0.39 is 0 Å². The van der Waals surface area contributed by atoms with Crippen LogP contribution in [0.4, 0.5) is 5.69 Å². The largest absolute Gasteiger partial charge is 0.493 e. The first kappa shape index (κ1) is 15.3. The van der Waals surface area contributed by atoms with Gasteiger partial charge in [0.1, 0.15) is 18.1 Å². The molecule has 0 amide bonds. The molecule has 0 aromatic heterocycles. The van der Waals surface area contributed by atoms with E-state index in [-0.39, 0.29) is 5.41 Å². The number of anilines is 1. The molecular formula is C17H24N2O2. The fourth-order valence-corrected chi connectivity index (χ4v) is 2.32. The molecule has 2 rings (SSSR count). The first-order valence-corrected chi connectivity index (χ1v) is 7.19. The van der Waals surface area contributed by atoms with Crippen LogP contribution in [0.3, 0.4) is 0 Å². The van der Waals surface area contributed by atoms with Gasteiger partial charge in [-0.2, -0.15) is 0 Å². The Hall–Kier alpha value is -2.10. The number of hydrogen-bond donors (Lipinski definition) is 2. The molecule has 1 aliphatic heterocycles. The van der Waals surface area contributed by atoms with Gasteiger partial charge in [0.2, 0.25) is 0 Å². The molecule has 0 fully saturated rings. The van der Waals surface area contributed by atoms with Gasteiger partial charge in [-0.15, -0.1) is 0 Å². The molecule has 4 N–H and O–H groups in total. The summed E-state index contributed by atoms with van der Waals surface area (Å²) in [5.41, 5.74) is 15.3. The molecule has 21 heavy (non-hydrogen) atoms. The minimum absolute atomic E-state index is 0.0479. The fraction of sp³-hybridized carbons (Fsp3) is 0.412. The SMILES string of the molecule is CCOc1cc(N)c(C(C)(C)C)cc1C1=CC=C(N)CO1. The maximum absolute atomic E-state index is 6.19. The van der Waals surface area contributed by atoms with E-state index in [4.69, 9.17) is 20.9 Å². The summed E-state index contributed by atoms with van der Waals surface area (Å²) in [7, 11) is 0. The van der Waals surface area contributed by atoms with Crippen LogP contribution >= 0.6 is 0 Å². The van der Waals surface area contributed by atoms with Crippen molar-refractivity contribution in [2.75, 3.05) is 18.9 Å². The van der Waals surface area contributed by atoms with Crippen LogP contribution in [0.1, 0.15) is 38.8 Å². The van der Waals surface area contributed by atoms with Crippen molar-refractivity contribution in [2.45, 2.75) is 33.1 Å². The number of benzene rings is 1. The first-order chi connectivity index (χ1) is 9.82. The highest BCUT2D eigenvalue weighted by atomic mass is 16.5. The lowest BCUT2D eigenvalue weighted by molar-refractivity contribution is 0.296. The second kappa shape index (κ2) is 5.72. The van der Waals surface area contributed by atoms with E-state index in [9.17, 15) is 0 Å². The van der Waals surface area contributed by atoms with E-state index in [0.717, 1.165) is 28.3 Å². The van der Waals surface area contributed by atoms with Crippen molar-refractivity contribution in [3.05, 3.63) is 41.1 Å². The number of allylic oxidation sites excluding steroid dienone is 2. The summed E-state index contributed by atoms with van der Waals surface area (Å²) in [6, 6.07) is 3.94. The van der Waals surface area contributed by atoms with Gasteiger partial charge in [0, 0.05) is 17.5 Å². The van der Waals surface area contributed by atoms with Crippen molar-refractivity contribution >= 4 is 11.4 Å². The smallest absolute Gasteiger partial charge is 0.132 e. The molecule has 1 aliphatic rings. The van der Waals surface area contributed by atoms with Crippen LogP contribution in [0.5, 0.6) is 5.75 Å². The van der Waals surface area contributed by atoms with E-state index in [1.165, 1.54) is 0 Å². The highest BCUT2D eigenvalue weighted by molar-refractivity contribution is 5.73. The topological polar surface area (TPSA) is 70.5 Å². The zero-order chi connectivity index (χ0) is 15.6. The maximum Gasteiger partial charge on any atom is 0.132 e. The molecule has 0 saturated heterocycles. The Balaban J connectivity index is 2.56. The van der Waals surface area contributed by atoms with Gasteiger partial charge in [-0.1, -0.05) is 20.8 Å². The molecule has 1 aromatic carbocycles. The molecule has 0 atom stereocenters. The van der Waals surface area contributed by atoms with Gasteiger partial charge in [-0.05, 0) is 36.1 Å². The summed E-state index contributed by atoms with van der Waals surface area (Å²) in [4.78, 5) is 0. The second-order valence-corrected chi connectivity index (χ2v) is 6.18. The van der Waals surface area contributed by atoms with E-state index in [2.05, 4.69) is 26.8 Å². The number of hydrogen-bond acceptors (Lipinski definition) is 4. The Morgan fingerprint density at radius 1 is 1.19 bits per heavy atom. The quantitative estimate of drug-likeness (QED) is 0.838. The van der Waals surface area contributed by atoms with Gasteiger partial charge in [0.05, 0.1) is 12.2 Å². The molecule has 0 unspecified atom stereocenters. The summed E-state index contributed by atoms with van der Waals surface area (Å²) in [5, 5.41) is 0. The van der Waals surface area contributed by atoms with E-state index in [1.807, 2.05) is 25.1 Å². The number of ether oxygens (including phenoxy) is 2. The van der Waals surface area contributed by atoms with Gasteiger partial charge in [-0.25, -0.2) is 0 Å². The molecule has 0 bridgehead atoms. The van der Waals surface area contributed by atoms with Crippen LogP contribution in [-0.4, -0.2) is 13.2 Å². The predicted octanol–water partition coefficient (Wildman–Crippen LogP) is 3.18. The average Bonchev–Trinajstić information content (AvgIpc) is 2.39. The molecule has 0 spiro atoms. The van der Waals surface area contributed by atoms with Crippen LogP contribution < -0.4 is 16.2 Å².